The predicted octanol–water partition coefficient (Wildman–Crippen LogP) is 3.29. The number of nitrogens with two attached hydrogens (primary N) is 1. The van der Waals surface area contributed by atoms with Crippen molar-refractivity contribution in [1.82, 2.24) is 4.37 Å². The van der Waals surface area contributed by atoms with Crippen molar-refractivity contribution in [2.24, 2.45) is 0 Å². The van der Waals surface area contributed by atoms with E-state index in [-0.39, 0.29) is 5.82 Å². The summed E-state index contributed by atoms with van der Waals surface area (Å²) < 4.78 is 18.0. The molecule has 0 saturated heterocycles. The number of nitrogens with zero attached hydrogens (tertiary/aromatic N) is 1. The van der Waals surface area contributed by atoms with Crippen LogP contribution in [0.1, 0.15) is 0 Å². The van der Waals surface area contributed by atoms with Crippen LogP contribution in [-0.2, 0) is 0 Å². The van der Waals surface area contributed by atoms with E-state index in [1.165, 1.54) is 17.6 Å². The Bertz CT molecular complexity index is 470. The zero-order valence-corrected chi connectivity index (χ0v) is 9.40. The number of benzene rings is 1. The summed E-state index contributed by atoms with van der Waals surface area (Å²) in [5.41, 5.74) is 6.08. The lowest BCUT2D eigenvalue weighted by Gasteiger charge is -1.98. The van der Waals surface area contributed by atoms with Crippen LogP contribution in [0.2, 0.25) is 0 Å². The van der Waals surface area contributed by atoms with Crippen molar-refractivity contribution in [1.29, 1.82) is 0 Å². The molecule has 0 fully saturated rings. The zero-order chi connectivity index (χ0) is 10.1. The van der Waals surface area contributed by atoms with Crippen LogP contribution in [0, 0.1) is 5.82 Å². The molecule has 0 spiro atoms. The molecule has 0 aliphatic rings. The van der Waals surface area contributed by atoms with Crippen LogP contribution in [0.5, 0.6) is 0 Å². The lowest BCUT2D eigenvalue weighted by Crippen LogP contribution is -1.84. The Labute approximate surface area is 92.9 Å². The monoisotopic (exact) mass is 272 g/mol. The second-order valence-corrected chi connectivity index (χ2v) is 4.26. The Morgan fingerprint density at radius 1 is 1.36 bits per heavy atom. The van der Waals surface area contributed by atoms with Crippen LogP contribution in [0.15, 0.2) is 28.7 Å². The van der Waals surface area contributed by atoms with Crippen molar-refractivity contribution in [2.45, 2.75) is 0 Å². The first-order chi connectivity index (χ1) is 6.70. The maximum absolute atomic E-state index is 13.4. The Morgan fingerprint density at radius 2 is 2.07 bits per heavy atom. The van der Waals surface area contributed by atoms with Gasteiger partial charge >= 0.3 is 0 Å². The highest BCUT2D eigenvalue weighted by Gasteiger charge is 2.13. The maximum atomic E-state index is 13.4. The van der Waals surface area contributed by atoms with Crippen molar-refractivity contribution in [3.63, 3.8) is 0 Å². The van der Waals surface area contributed by atoms with Gasteiger partial charge in [-0.25, -0.2) is 4.39 Å². The molecular weight excluding hydrogens is 267 g/mol. The summed E-state index contributed by atoms with van der Waals surface area (Å²) in [6, 6.07) is 6.54. The van der Waals surface area contributed by atoms with Gasteiger partial charge in [-0.2, -0.15) is 4.37 Å². The molecule has 2 nitrogen and oxygen atoms in total. The third-order valence-corrected chi connectivity index (χ3v) is 3.74. The second kappa shape index (κ2) is 3.67. The third-order valence-electron chi connectivity index (χ3n) is 1.78. The summed E-state index contributed by atoms with van der Waals surface area (Å²) in [7, 11) is 0. The number of halogens is 2. The first-order valence-corrected chi connectivity index (χ1v) is 5.42. The molecular formula is C9H6BrFN2S. The van der Waals surface area contributed by atoms with E-state index in [2.05, 4.69) is 20.3 Å². The molecule has 2 rings (SSSR count). The third kappa shape index (κ3) is 1.53. The fraction of sp³-hybridized carbons (Fsp3) is 0. The molecule has 0 radical (unpaired) electrons. The van der Waals surface area contributed by atoms with E-state index in [0.29, 0.717) is 15.9 Å². The van der Waals surface area contributed by atoms with E-state index in [9.17, 15) is 4.39 Å². The van der Waals surface area contributed by atoms with Crippen molar-refractivity contribution in [3.8, 4) is 10.4 Å². The van der Waals surface area contributed by atoms with Gasteiger partial charge in [0.2, 0.25) is 0 Å². The highest BCUT2D eigenvalue weighted by molar-refractivity contribution is 9.10. The normalized spacial score (nSPS) is 10.4. The smallest absolute Gasteiger partial charge is 0.152 e. The highest BCUT2D eigenvalue weighted by atomic mass is 79.9. The van der Waals surface area contributed by atoms with Gasteiger partial charge in [0.05, 0.1) is 9.35 Å². The average molecular weight is 273 g/mol. The quantitative estimate of drug-likeness (QED) is 0.865. The minimum absolute atomic E-state index is 0.267. The molecule has 2 aromatic rings. The minimum atomic E-state index is -0.267. The van der Waals surface area contributed by atoms with Gasteiger partial charge in [0, 0.05) is 5.56 Å². The summed E-state index contributed by atoms with van der Waals surface area (Å²) in [6.07, 6.45) is 0. The van der Waals surface area contributed by atoms with Crippen LogP contribution in [0.4, 0.5) is 10.2 Å². The van der Waals surface area contributed by atoms with Crippen LogP contribution in [0.25, 0.3) is 10.4 Å². The predicted molar refractivity (Wildman–Crippen MR) is 59.6 cm³/mol. The second-order valence-electron chi connectivity index (χ2n) is 2.69. The molecule has 0 aliphatic heterocycles. The zero-order valence-electron chi connectivity index (χ0n) is 7.00. The first-order valence-electron chi connectivity index (χ1n) is 3.85. The standard InChI is InChI=1S/C9H6BrFN2S/c10-7-8(14-13-9(7)12)5-3-1-2-4-6(5)11/h1-4H,(H2,12,13). The summed E-state index contributed by atoms with van der Waals surface area (Å²) >= 11 is 4.46. The van der Waals surface area contributed by atoms with E-state index in [0.717, 1.165) is 4.88 Å². The van der Waals surface area contributed by atoms with Gasteiger partial charge in [0.1, 0.15) is 5.82 Å². The summed E-state index contributed by atoms with van der Waals surface area (Å²) in [4.78, 5) is 0.723. The van der Waals surface area contributed by atoms with Crippen molar-refractivity contribution < 1.29 is 4.39 Å². The number of anilines is 1. The molecule has 0 saturated carbocycles. The Balaban J connectivity index is 2.60. The first kappa shape index (κ1) is 9.61. The number of aromatic nitrogens is 1. The summed E-state index contributed by atoms with van der Waals surface area (Å²) in [5, 5.41) is 0. The molecule has 0 unspecified atom stereocenters. The van der Waals surface area contributed by atoms with Gasteiger partial charge < -0.3 is 5.73 Å². The van der Waals surface area contributed by atoms with Crippen molar-refractivity contribution >= 4 is 33.3 Å². The number of rotatable bonds is 1. The van der Waals surface area contributed by atoms with E-state index < -0.39 is 0 Å². The largest absolute Gasteiger partial charge is 0.382 e. The molecule has 1 aromatic carbocycles. The minimum Gasteiger partial charge on any atom is -0.382 e. The van der Waals surface area contributed by atoms with Crippen LogP contribution < -0.4 is 5.73 Å². The van der Waals surface area contributed by atoms with Crippen LogP contribution in [-0.4, -0.2) is 4.37 Å². The fourth-order valence-electron chi connectivity index (χ4n) is 1.10. The van der Waals surface area contributed by atoms with Crippen LogP contribution >= 0.6 is 27.5 Å². The van der Waals surface area contributed by atoms with E-state index >= 15 is 0 Å². The Kier molecular flexibility index (Phi) is 2.52. The van der Waals surface area contributed by atoms with Gasteiger partial charge in [0.25, 0.3) is 0 Å². The molecule has 0 amide bonds. The van der Waals surface area contributed by atoms with E-state index in [1.54, 1.807) is 18.2 Å². The Hall–Kier alpha value is -0.940. The molecule has 0 aliphatic carbocycles. The number of hydrogen-bond donors (Lipinski definition) is 1. The molecule has 1 heterocycles. The molecule has 72 valence electrons. The van der Waals surface area contributed by atoms with E-state index in [1.807, 2.05) is 0 Å². The average Bonchev–Trinajstić information content (AvgIpc) is 2.49. The fourth-order valence-corrected chi connectivity index (χ4v) is 2.47. The van der Waals surface area contributed by atoms with E-state index in [4.69, 9.17) is 5.73 Å². The topological polar surface area (TPSA) is 38.9 Å². The molecule has 5 heteroatoms. The van der Waals surface area contributed by atoms with Crippen LogP contribution in [0.3, 0.4) is 0 Å². The number of nitrogen functional groups attached to an aromatic ring is 1. The van der Waals surface area contributed by atoms with Gasteiger partial charge in [-0.3, -0.25) is 0 Å². The molecule has 14 heavy (non-hydrogen) atoms. The van der Waals surface area contributed by atoms with Gasteiger partial charge in [-0.05, 0) is 33.5 Å². The Morgan fingerprint density at radius 3 is 2.64 bits per heavy atom. The molecule has 1 aromatic heterocycles. The summed E-state index contributed by atoms with van der Waals surface area (Å²) in [6.45, 7) is 0. The maximum Gasteiger partial charge on any atom is 0.152 e. The SMILES string of the molecule is Nc1nsc(-c2ccccc2F)c1Br. The molecule has 2 N–H and O–H groups in total. The van der Waals surface area contributed by atoms with Crippen molar-refractivity contribution in [2.75, 3.05) is 5.73 Å². The van der Waals surface area contributed by atoms with Gasteiger partial charge in [0.15, 0.2) is 5.82 Å². The molecule has 0 bridgehead atoms. The lowest BCUT2D eigenvalue weighted by atomic mass is 10.2. The highest BCUT2D eigenvalue weighted by Crippen LogP contribution is 2.37. The number of hydrogen-bond acceptors (Lipinski definition) is 3. The molecule has 0 atom stereocenters. The van der Waals surface area contributed by atoms with Crippen molar-refractivity contribution in [3.05, 3.63) is 34.6 Å². The van der Waals surface area contributed by atoms with Gasteiger partial charge in [-0.15, -0.1) is 0 Å². The lowest BCUT2D eigenvalue weighted by molar-refractivity contribution is 0.631. The van der Waals surface area contributed by atoms with Gasteiger partial charge in [-0.1, -0.05) is 18.2 Å². The summed E-state index contributed by atoms with van der Waals surface area (Å²) in [5.74, 6) is 0.130.